The minimum Gasteiger partial charge on any atom is -0.489 e. The smallest absolute Gasteiger partial charge is 0.416 e. The monoisotopic (exact) mass is 307 g/mol. The van der Waals surface area contributed by atoms with Crippen molar-refractivity contribution in [3.05, 3.63) is 59.2 Å². The SMILES string of the molecule is N=C1COc2ccc(OCc3ccc(C(F)(F)F)cc3)cc21. The predicted octanol–water partition coefficient (Wildman–Crippen LogP) is 4.04. The van der Waals surface area contributed by atoms with Gasteiger partial charge in [0, 0.05) is 5.56 Å². The van der Waals surface area contributed by atoms with E-state index in [1.165, 1.54) is 12.1 Å². The van der Waals surface area contributed by atoms with E-state index in [0.29, 0.717) is 28.3 Å². The molecular formula is C16H12F3NO2. The van der Waals surface area contributed by atoms with E-state index in [2.05, 4.69) is 0 Å². The molecule has 114 valence electrons. The van der Waals surface area contributed by atoms with Crippen LogP contribution < -0.4 is 9.47 Å². The van der Waals surface area contributed by atoms with E-state index in [0.717, 1.165) is 12.1 Å². The lowest BCUT2D eigenvalue weighted by Gasteiger charge is -2.09. The molecule has 0 fully saturated rings. The first-order chi connectivity index (χ1) is 10.4. The highest BCUT2D eigenvalue weighted by Crippen LogP contribution is 2.30. The summed E-state index contributed by atoms with van der Waals surface area (Å²) in [5.41, 5.74) is 1.03. The highest BCUT2D eigenvalue weighted by molar-refractivity contribution is 6.04. The van der Waals surface area contributed by atoms with Crippen LogP contribution >= 0.6 is 0 Å². The highest BCUT2D eigenvalue weighted by Gasteiger charge is 2.29. The molecule has 0 radical (unpaired) electrons. The first kappa shape index (κ1) is 14.4. The quantitative estimate of drug-likeness (QED) is 0.929. The van der Waals surface area contributed by atoms with Crippen molar-refractivity contribution in [2.75, 3.05) is 6.61 Å². The molecule has 22 heavy (non-hydrogen) atoms. The topological polar surface area (TPSA) is 42.3 Å². The summed E-state index contributed by atoms with van der Waals surface area (Å²) in [5, 5.41) is 7.72. The molecule has 0 saturated carbocycles. The Morgan fingerprint density at radius 1 is 1.09 bits per heavy atom. The van der Waals surface area contributed by atoms with E-state index in [1.54, 1.807) is 18.2 Å². The molecule has 3 nitrogen and oxygen atoms in total. The van der Waals surface area contributed by atoms with E-state index < -0.39 is 11.7 Å². The van der Waals surface area contributed by atoms with Crippen molar-refractivity contribution < 1.29 is 22.6 Å². The van der Waals surface area contributed by atoms with Gasteiger partial charge in [0.2, 0.25) is 0 Å². The third kappa shape index (κ3) is 2.90. The number of ether oxygens (including phenoxy) is 2. The largest absolute Gasteiger partial charge is 0.489 e. The van der Waals surface area contributed by atoms with Crippen LogP contribution in [0, 0.1) is 5.41 Å². The van der Waals surface area contributed by atoms with Gasteiger partial charge in [0.05, 0.1) is 11.3 Å². The average Bonchev–Trinajstić information content (AvgIpc) is 2.86. The zero-order chi connectivity index (χ0) is 15.7. The number of benzene rings is 2. The molecule has 1 aliphatic heterocycles. The van der Waals surface area contributed by atoms with Crippen LogP contribution in [0.3, 0.4) is 0 Å². The summed E-state index contributed by atoms with van der Waals surface area (Å²) in [4.78, 5) is 0. The summed E-state index contributed by atoms with van der Waals surface area (Å²) in [6.45, 7) is 0.406. The van der Waals surface area contributed by atoms with Crippen LogP contribution in [0.4, 0.5) is 13.2 Å². The van der Waals surface area contributed by atoms with Gasteiger partial charge in [-0.3, -0.25) is 0 Å². The minimum atomic E-state index is -4.33. The van der Waals surface area contributed by atoms with Gasteiger partial charge in [0.15, 0.2) is 0 Å². The molecular weight excluding hydrogens is 295 g/mol. The summed E-state index contributed by atoms with van der Waals surface area (Å²) >= 11 is 0. The Labute approximate surface area is 124 Å². The fourth-order valence-corrected chi connectivity index (χ4v) is 2.14. The van der Waals surface area contributed by atoms with Gasteiger partial charge in [-0.1, -0.05) is 12.1 Å². The fraction of sp³-hybridized carbons (Fsp3) is 0.188. The summed E-state index contributed by atoms with van der Waals surface area (Å²) in [6, 6.07) is 9.98. The van der Waals surface area contributed by atoms with Crippen LogP contribution in [0.5, 0.6) is 11.5 Å². The van der Waals surface area contributed by atoms with Gasteiger partial charge in [0.25, 0.3) is 0 Å². The Morgan fingerprint density at radius 3 is 2.50 bits per heavy atom. The predicted molar refractivity (Wildman–Crippen MR) is 74.5 cm³/mol. The third-order valence-corrected chi connectivity index (χ3v) is 3.33. The molecule has 2 aromatic carbocycles. The number of nitrogens with one attached hydrogen (secondary N) is 1. The number of hydrogen-bond acceptors (Lipinski definition) is 3. The lowest BCUT2D eigenvalue weighted by atomic mass is 10.1. The molecule has 1 aliphatic rings. The van der Waals surface area contributed by atoms with E-state index in [-0.39, 0.29) is 13.2 Å². The van der Waals surface area contributed by atoms with E-state index in [4.69, 9.17) is 14.9 Å². The van der Waals surface area contributed by atoms with Crippen molar-refractivity contribution in [1.29, 1.82) is 5.41 Å². The number of halogens is 3. The Hall–Kier alpha value is -2.50. The minimum absolute atomic E-state index is 0.158. The molecule has 3 rings (SSSR count). The zero-order valence-electron chi connectivity index (χ0n) is 11.4. The molecule has 0 amide bonds. The second-order valence-corrected chi connectivity index (χ2v) is 4.91. The third-order valence-electron chi connectivity index (χ3n) is 3.33. The van der Waals surface area contributed by atoms with Crippen LogP contribution in [0.1, 0.15) is 16.7 Å². The second-order valence-electron chi connectivity index (χ2n) is 4.91. The van der Waals surface area contributed by atoms with E-state index in [9.17, 15) is 13.2 Å². The van der Waals surface area contributed by atoms with Crippen LogP contribution in [0.15, 0.2) is 42.5 Å². The first-order valence-electron chi connectivity index (χ1n) is 6.57. The number of alkyl halides is 3. The van der Waals surface area contributed by atoms with Gasteiger partial charge in [-0.05, 0) is 35.9 Å². The maximum Gasteiger partial charge on any atom is 0.416 e. The molecule has 6 heteroatoms. The Kier molecular flexibility index (Phi) is 3.52. The number of rotatable bonds is 3. The lowest BCUT2D eigenvalue weighted by molar-refractivity contribution is -0.137. The van der Waals surface area contributed by atoms with Gasteiger partial charge >= 0.3 is 6.18 Å². The molecule has 2 aromatic rings. The molecule has 0 aromatic heterocycles. The maximum atomic E-state index is 12.5. The van der Waals surface area contributed by atoms with Crippen LogP contribution in [-0.2, 0) is 12.8 Å². The summed E-state index contributed by atoms with van der Waals surface area (Å²) in [5.74, 6) is 1.20. The standard InChI is InChI=1S/C16H12F3NO2/c17-16(18,19)11-3-1-10(2-4-11)8-21-12-5-6-15-13(7-12)14(20)9-22-15/h1-7,20H,8-9H2. The molecule has 0 bridgehead atoms. The van der Waals surface area contributed by atoms with Crippen molar-refractivity contribution in [3.8, 4) is 11.5 Å². The zero-order valence-corrected chi connectivity index (χ0v) is 11.4. The molecule has 0 saturated heterocycles. The van der Waals surface area contributed by atoms with Gasteiger partial charge in [-0.15, -0.1) is 0 Å². The van der Waals surface area contributed by atoms with E-state index >= 15 is 0 Å². The van der Waals surface area contributed by atoms with Gasteiger partial charge < -0.3 is 14.9 Å². The fourth-order valence-electron chi connectivity index (χ4n) is 2.14. The first-order valence-corrected chi connectivity index (χ1v) is 6.57. The van der Waals surface area contributed by atoms with Crippen LogP contribution in [0.2, 0.25) is 0 Å². The molecule has 1 heterocycles. The van der Waals surface area contributed by atoms with Crippen molar-refractivity contribution in [2.24, 2.45) is 0 Å². The normalized spacial score (nSPS) is 13.7. The Bertz CT molecular complexity index is 708. The Balaban J connectivity index is 1.68. The second kappa shape index (κ2) is 5.36. The maximum absolute atomic E-state index is 12.5. The number of fused-ring (bicyclic) bond motifs is 1. The lowest BCUT2D eigenvalue weighted by Crippen LogP contribution is -2.05. The summed E-state index contributed by atoms with van der Waals surface area (Å²) < 4.78 is 48.3. The summed E-state index contributed by atoms with van der Waals surface area (Å²) in [6.07, 6.45) is -4.33. The van der Waals surface area contributed by atoms with Crippen molar-refractivity contribution in [3.63, 3.8) is 0 Å². The van der Waals surface area contributed by atoms with Gasteiger partial charge in [0.1, 0.15) is 24.7 Å². The van der Waals surface area contributed by atoms with Crippen molar-refractivity contribution >= 4 is 5.71 Å². The van der Waals surface area contributed by atoms with Crippen LogP contribution in [-0.4, -0.2) is 12.3 Å². The van der Waals surface area contributed by atoms with E-state index in [1.807, 2.05) is 0 Å². The molecule has 1 N–H and O–H groups in total. The molecule has 0 atom stereocenters. The highest BCUT2D eigenvalue weighted by atomic mass is 19.4. The number of hydrogen-bond donors (Lipinski definition) is 1. The Morgan fingerprint density at radius 2 is 1.82 bits per heavy atom. The average molecular weight is 307 g/mol. The van der Waals surface area contributed by atoms with Gasteiger partial charge in [-0.2, -0.15) is 13.2 Å². The molecule has 0 unspecified atom stereocenters. The summed E-state index contributed by atoms with van der Waals surface area (Å²) in [7, 11) is 0. The van der Waals surface area contributed by atoms with Crippen molar-refractivity contribution in [2.45, 2.75) is 12.8 Å². The molecule has 0 aliphatic carbocycles. The molecule has 0 spiro atoms. The van der Waals surface area contributed by atoms with Crippen molar-refractivity contribution in [1.82, 2.24) is 0 Å². The van der Waals surface area contributed by atoms with Gasteiger partial charge in [-0.25, -0.2) is 0 Å². The van der Waals surface area contributed by atoms with Crippen LogP contribution in [0.25, 0.3) is 0 Å².